The smallest absolute Gasteiger partial charge is 0.215 e. The minimum atomic E-state index is -0.292. The molecule has 1 heterocycles. The van der Waals surface area contributed by atoms with Crippen LogP contribution in [0.1, 0.15) is 16.1 Å². The van der Waals surface area contributed by atoms with Gasteiger partial charge in [-0.15, -0.1) is 0 Å². The van der Waals surface area contributed by atoms with Gasteiger partial charge < -0.3 is 5.11 Å². The Kier molecular flexibility index (Phi) is 3.01. The zero-order valence-corrected chi connectivity index (χ0v) is 9.81. The maximum Gasteiger partial charge on any atom is 0.215 e. The number of hydrogen-bond acceptors (Lipinski definition) is 3. The third kappa shape index (κ3) is 2.12. The standard InChI is InChI=1S/C12H8BrNO2/c13-8-4-5-11(15)9(7-8)12(16)10-3-1-2-6-14-10/h1-7,15H. The number of phenols is 1. The molecule has 16 heavy (non-hydrogen) atoms. The lowest BCUT2D eigenvalue weighted by Gasteiger charge is -2.03. The van der Waals surface area contributed by atoms with Crippen molar-refractivity contribution in [1.82, 2.24) is 4.98 Å². The topological polar surface area (TPSA) is 50.2 Å². The zero-order chi connectivity index (χ0) is 11.5. The lowest BCUT2D eigenvalue weighted by atomic mass is 10.1. The Balaban J connectivity index is 2.46. The van der Waals surface area contributed by atoms with Crippen LogP contribution in [0.4, 0.5) is 0 Å². The van der Waals surface area contributed by atoms with Gasteiger partial charge in [0.05, 0.1) is 5.56 Å². The first-order chi connectivity index (χ1) is 7.68. The Morgan fingerprint density at radius 3 is 2.75 bits per heavy atom. The molecule has 1 aromatic carbocycles. The van der Waals surface area contributed by atoms with E-state index in [4.69, 9.17) is 0 Å². The molecule has 0 atom stereocenters. The Labute approximate surface area is 101 Å². The van der Waals surface area contributed by atoms with Crippen molar-refractivity contribution in [2.45, 2.75) is 0 Å². The summed E-state index contributed by atoms with van der Waals surface area (Å²) in [5.41, 5.74) is 0.559. The van der Waals surface area contributed by atoms with Crippen molar-refractivity contribution in [2.24, 2.45) is 0 Å². The van der Waals surface area contributed by atoms with Crippen molar-refractivity contribution in [3.8, 4) is 5.75 Å². The van der Waals surface area contributed by atoms with Gasteiger partial charge in [0.1, 0.15) is 11.4 Å². The predicted octanol–water partition coefficient (Wildman–Crippen LogP) is 2.78. The minimum absolute atomic E-state index is 0.0427. The minimum Gasteiger partial charge on any atom is -0.507 e. The number of halogens is 1. The highest BCUT2D eigenvalue weighted by Gasteiger charge is 2.14. The molecule has 0 aliphatic rings. The third-order valence-corrected chi connectivity index (χ3v) is 2.59. The zero-order valence-electron chi connectivity index (χ0n) is 8.22. The Morgan fingerprint density at radius 1 is 1.25 bits per heavy atom. The number of hydrogen-bond donors (Lipinski definition) is 1. The second-order valence-corrected chi connectivity index (χ2v) is 4.12. The van der Waals surface area contributed by atoms with Crippen LogP contribution in [0.2, 0.25) is 0 Å². The van der Waals surface area contributed by atoms with E-state index in [1.165, 1.54) is 6.07 Å². The number of pyridine rings is 1. The number of ketones is 1. The van der Waals surface area contributed by atoms with E-state index in [0.717, 1.165) is 4.47 Å². The lowest BCUT2D eigenvalue weighted by Crippen LogP contribution is -2.03. The van der Waals surface area contributed by atoms with E-state index in [2.05, 4.69) is 20.9 Å². The Morgan fingerprint density at radius 2 is 2.06 bits per heavy atom. The van der Waals surface area contributed by atoms with Crippen LogP contribution < -0.4 is 0 Å². The summed E-state index contributed by atoms with van der Waals surface area (Å²) in [4.78, 5) is 15.9. The largest absolute Gasteiger partial charge is 0.507 e. The van der Waals surface area contributed by atoms with Gasteiger partial charge in [0.2, 0.25) is 5.78 Å². The number of carbonyl (C=O) groups is 1. The monoisotopic (exact) mass is 277 g/mol. The van der Waals surface area contributed by atoms with Gasteiger partial charge in [-0.3, -0.25) is 9.78 Å². The number of aromatic hydroxyl groups is 1. The summed E-state index contributed by atoms with van der Waals surface area (Å²) >= 11 is 3.25. The van der Waals surface area contributed by atoms with Gasteiger partial charge >= 0.3 is 0 Å². The van der Waals surface area contributed by atoms with Crippen molar-refractivity contribution in [2.75, 3.05) is 0 Å². The fourth-order valence-corrected chi connectivity index (χ4v) is 1.69. The van der Waals surface area contributed by atoms with Crippen molar-refractivity contribution < 1.29 is 9.90 Å². The summed E-state index contributed by atoms with van der Waals surface area (Å²) < 4.78 is 0.740. The summed E-state index contributed by atoms with van der Waals surface area (Å²) in [5, 5.41) is 9.60. The molecule has 0 radical (unpaired) electrons. The molecule has 3 nitrogen and oxygen atoms in total. The Bertz CT molecular complexity index is 526. The summed E-state index contributed by atoms with van der Waals surface area (Å²) in [6.45, 7) is 0. The number of benzene rings is 1. The molecule has 2 aromatic rings. The Hall–Kier alpha value is -1.68. The summed E-state index contributed by atoms with van der Waals surface area (Å²) in [5.74, 6) is -0.335. The van der Waals surface area contributed by atoms with Crippen molar-refractivity contribution >= 4 is 21.7 Å². The number of nitrogens with zero attached hydrogens (tertiary/aromatic N) is 1. The van der Waals surface area contributed by atoms with E-state index < -0.39 is 0 Å². The quantitative estimate of drug-likeness (QED) is 0.859. The average molecular weight is 278 g/mol. The van der Waals surface area contributed by atoms with Gasteiger partial charge in [-0.05, 0) is 30.3 Å². The molecular formula is C12H8BrNO2. The molecule has 0 saturated carbocycles. The second kappa shape index (κ2) is 4.45. The molecule has 2 rings (SSSR count). The van der Waals surface area contributed by atoms with Gasteiger partial charge in [-0.1, -0.05) is 22.0 Å². The molecule has 0 amide bonds. The first-order valence-corrected chi connectivity index (χ1v) is 5.42. The van der Waals surface area contributed by atoms with Crippen LogP contribution in [0.25, 0.3) is 0 Å². The van der Waals surface area contributed by atoms with E-state index in [1.54, 1.807) is 36.5 Å². The molecule has 0 fully saturated rings. The molecule has 0 bridgehead atoms. The van der Waals surface area contributed by atoms with E-state index in [1.807, 2.05) is 0 Å². The van der Waals surface area contributed by atoms with E-state index in [0.29, 0.717) is 5.69 Å². The molecule has 0 saturated heterocycles. The average Bonchev–Trinajstić information content (AvgIpc) is 2.32. The molecule has 80 valence electrons. The number of carbonyl (C=O) groups excluding carboxylic acids is 1. The van der Waals surface area contributed by atoms with Gasteiger partial charge in [-0.2, -0.15) is 0 Å². The van der Waals surface area contributed by atoms with Gasteiger partial charge in [0.25, 0.3) is 0 Å². The number of aromatic nitrogens is 1. The van der Waals surface area contributed by atoms with Crippen LogP contribution in [0.15, 0.2) is 47.1 Å². The highest BCUT2D eigenvalue weighted by Crippen LogP contribution is 2.23. The predicted molar refractivity (Wildman–Crippen MR) is 63.5 cm³/mol. The maximum absolute atomic E-state index is 12.0. The molecule has 4 heteroatoms. The molecule has 0 spiro atoms. The van der Waals surface area contributed by atoms with Crippen molar-refractivity contribution in [1.29, 1.82) is 0 Å². The first-order valence-electron chi connectivity index (χ1n) is 4.63. The van der Waals surface area contributed by atoms with Gasteiger partial charge in [0, 0.05) is 10.7 Å². The fourth-order valence-electron chi connectivity index (χ4n) is 1.33. The number of phenolic OH excluding ortho intramolecular Hbond substituents is 1. The molecule has 0 unspecified atom stereocenters. The molecular weight excluding hydrogens is 270 g/mol. The molecule has 0 aliphatic carbocycles. The van der Waals surface area contributed by atoms with Crippen LogP contribution in [-0.2, 0) is 0 Å². The normalized spacial score (nSPS) is 10.1. The van der Waals surface area contributed by atoms with Crippen molar-refractivity contribution in [3.05, 3.63) is 58.3 Å². The van der Waals surface area contributed by atoms with Crippen LogP contribution in [0, 0.1) is 0 Å². The molecule has 0 aliphatic heterocycles. The lowest BCUT2D eigenvalue weighted by molar-refractivity contribution is 0.103. The van der Waals surface area contributed by atoms with E-state index in [-0.39, 0.29) is 17.1 Å². The SMILES string of the molecule is O=C(c1ccccn1)c1cc(Br)ccc1O. The van der Waals surface area contributed by atoms with Gasteiger partial charge in [0.15, 0.2) is 0 Å². The van der Waals surface area contributed by atoms with Crippen LogP contribution in [-0.4, -0.2) is 15.9 Å². The highest BCUT2D eigenvalue weighted by molar-refractivity contribution is 9.10. The second-order valence-electron chi connectivity index (χ2n) is 3.21. The summed E-state index contributed by atoms with van der Waals surface area (Å²) in [7, 11) is 0. The maximum atomic E-state index is 12.0. The fraction of sp³-hybridized carbons (Fsp3) is 0. The van der Waals surface area contributed by atoms with Crippen LogP contribution >= 0.6 is 15.9 Å². The third-order valence-electron chi connectivity index (χ3n) is 2.10. The number of rotatable bonds is 2. The summed E-state index contributed by atoms with van der Waals surface area (Å²) in [6, 6.07) is 9.80. The van der Waals surface area contributed by atoms with Crippen LogP contribution in [0.3, 0.4) is 0 Å². The molecule has 1 N–H and O–H groups in total. The molecule has 1 aromatic heterocycles. The highest BCUT2D eigenvalue weighted by atomic mass is 79.9. The van der Waals surface area contributed by atoms with E-state index in [9.17, 15) is 9.90 Å². The van der Waals surface area contributed by atoms with Crippen LogP contribution in [0.5, 0.6) is 5.75 Å². The van der Waals surface area contributed by atoms with Crippen molar-refractivity contribution in [3.63, 3.8) is 0 Å². The van der Waals surface area contributed by atoms with Gasteiger partial charge in [-0.25, -0.2) is 0 Å². The summed E-state index contributed by atoms with van der Waals surface area (Å²) in [6.07, 6.45) is 1.54. The van der Waals surface area contributed by atoms with E-state index >= 15 is 0 Å². The first kappa shape index (κ1) is 10.8.